The average molecular weight is 390 g/mol. The lowest BCUT2D eigenvalue weighted by atomic mass is 9.99. The maximum absolute atomic E-state index is 2.35. The predicted octanol–water partition coefficient (Wildman–Crippen LogP) is 8.13. The van der Waals surface area contributed by atoms with Crippen molar-refractivity contribution < 1.29 is 0 Å². The van der Waals surface area contributed by atoms with Crippen molar-refractivity contribution in [2.75, 3.05) is 11.9 Å². The second-order valence-corrected chi connectivity index (χ2v) is 8.53. The van der Waals surface area contributed by atoms with E-state index in [0.29, 0.717) is 0 Å². The van der Waals surface area contributed by atoms with Crippen LogP contribution in [0.15, 0.2) is 97.1 Å². The van der Waals surface area contributed by atoms with E-state index in [-0.39, 0.29) is 0 Å². The number of rotatable bonds is 2. The van der Waals surface area contributed by atoms with E-state index in [1.807, 2.05) is 11.3 Å². The standard InChI is InChI=1S/C27H19NS/c1-28(24-15-8-14-23-22-13-6-7-16-26(22)29-27(23)24)25-17-18-9-2-3-10-19(18)20-11-4-5-12-21(20)25/h2-17H,1H3. The van der Waals surface area contributed by atoms with Gasteiger partial charge in [0.15, 0.2) is 0 Å². The Morgan fingerprint density at radius 3 is 2.07 bits per heavy atom. The molecule has 5 aromatic carbocycles. The zero-order valence-electron chi connectivity index (χ0n) is 16.1. The highest BCUT2D eigenvalue weighted by Crippen LogP contribution is 2.43. The summed E-state index contributed by atoms with van der Waals surface area (Å²) >= 11 is 1.88. The number of fused-ring (bicyclic) bond motifs is 6. The third-order valence-corrected chi connectivity index (χ3v) is 7.06. The van der Waals surface area contributed by atoms with Crippen LogP contribution in [-0.2, 0) is 0 Å². The molecule has 0 aliphatic rings. The van der Waals surface area contributed by atoms with Crippen LogP contribution in [0.3, 0.4) is 0 Å². The molecule has 138 valence electrons. The second kappa shape index (κ2) is 6.33. The van der Waals surface area contributed by atoms with Crippen LogP contribution in [-0.4, -0.2) is 7.05 Å². The summed E-state index contributed by atoms with van der Waals surface area (Å²) in [5, 5.41) is 7.84. The Labute approximate surface area is 173 Å². The summed E-state index contributed by atoms with van der Waals surface area (Å²) in [4.78, 5) is 2.35. The highest BCUT2D eigenvalue weighted by molar-refractivity contribution is 7.26. The molecule has 0 radical (unpaired) electrons. The van der Waals surface area contributed by atoms with Crippen molar-refractivity contribution in [2.24, 2.45) is 0 Å². The lowest BCUT2D eigenvalue weighted by Crippen LogP contribution is -2.10. The topological polar surface area (TPSA) is 3.24 Å². The SMILES string of the molecule is CN(c1cc2ccccc2c2ccccc12)c1cccc2c1sc1ccccc12. The molecule has 0 unspecified atom stereocenters. The zero-order valence-corrected chi connectivity index (χ0v) is 16.9. The Balaban J connectivity index is 1.66. The van der Waals surface area contributed by atoms with Gasteiger partial charge in [-0.1, -0.05) is 78.9 Å². The van der Waals surface area contributed by atoms with Gasteiger partial charge in [-0.05, 0) is 34.4 Å². The summed E-state index contributed by atoms with van der Waals surface area (Å²) < 4.78 is 2.68. The van der Waals surface area contributed by atoms with E-state index >= 15 is 0 Å². The number of anilines is 2. The third-order valence-electron chi connectivity index (χ3n) is 5.85. The lowest BCUT2D eigenvalue weighted by Gasteiger charge is -2.23. The van der Waals surface area contributed by atoms with E-state index in [1.54, 1.807) is 0 Å². The van der Waals surface area contributed by atoms with Crippen molar-refractivity contribution in [1.29, 1.82) is 0 Å². The van der Waals surface area contributed by atoms with Crippen LogP contribution in [0, 0.1) is 0 Å². The summed E-state index contributed by atoms with van der Waals surface area (Å²) in [6.07, 6.45) is 0. The Morgan fingerprint density at radius 1 is 0.552 bits per heavy atom. The molecule has 1 heterocycles. The van der Waals surface area contributed by atoms with Crippen LogP contribution in [0.5, 0.6) is 0 Å². The summed E-state index contributed by atoms with van der Waals surface area (Å²) in [6, 6.07) is 35.1. The lowest BCUT2D eigenvalue weighted by molar-refractivity contribution is 1.24. The molecule has 0 N–H and O–H groups in total. The van der Waals surface area contributed by atoms with Gasteiger partial charge in [-0.25, -0.2) is 0 Å². The largest absolute Gasteiger partial charge is 0.343 e. The van der Waals surface area contributed by atoms with E-state index < -0.39 is 0 Å². The van der Waals surface area contributed by atoms with Gasteiger partial charge in [-0.2, -0.15) is 0 Å². The van der Waals surface area contributed by atoms with Crippen LogP contribution >= 0.6 is 11.3 Å². The maximum Gasteiger partial charge on any atom is 0.0592 e. The molecule has 0 atom stereocenters. The fraction of sp³-hybridized carbons (Fsp3) is 0.0370. The molecule has 6 aromatic rings. The highest BCUT2D eigenvalue weighted by atomic mass is 32.1. The van der Waals surface area contributed by atoms with Gasteiger partial charge in [-0.15, -0.1) is 11.3 Å². The number of thiophene rings is 1. The van der Waals surface area contributed by atoms with E-state index in [4.69, 9.17) is 0 Å². The van der Waals surface area contributed by atoms with Gasteiger partial charge in [0.05, 0.1) is 10.4 Å². The molecule has 0 saturated heterocycles. The summed E-state index contributed by atoms with van der Waals surface area (Å²) in [6.45, 7) is 0. The molecule has 0 aliphatic heterocycles. The molecule has 0 bridgehead atoms. The highest BCUT2D eigenvalue weighted by Gasteiger charge is 2.15. The first-order valence-electron chi connectivity index (χ1n) is 9.86. The Hall–Kier alpha value is -3.36. The molecular formula is C27H19NS. The number of nitrogens with zero attached hydrogens (tertiary/aromatic N) is 1. The van der Waals surface area contributed by atoms with Crippen LogP contribution in [0.4, 0.5) is 11.4 Å². The fourth-order valence-corrected chi connectivity index (χ4v) is 5.69. The molecule has 1 aromatic heterocycles. The third kappa shape index (κ3) is 2.46. The van der Waals surface area contributed by atoms with Crippen molar-refractivity contribution in [1.82, 2.24) is 0 Å². The minimum absolute atomic E-state index is 1.24. The molecule has 0 saturated carbocycles. The van der Waals surface area contributed by atoms with Gasteiger partial charge in [0, 0.05) is 33.6 Å². The van der Waals surface area contributed by atoms with E-state index in [1.165, 1.54) is 53.1 Å². The fourth-order valence-electron chi connectivity index (χ4n) is 4.44. The quantitative estimate of drug-likeness (QED) is 0.270. The predicted molar refractivity (Wildman–Crippen MR) is 129 cm³/mol. The maximum atomic E-state index is 2.35. The van der Waals surface area contributed by atoms with Crippen LogP contribution in [0.2, 0.25) is 0 Å². The van der Waals surface area contributed by atoms with E-state index in [0.717, 1.165) is 0 Å². The average Bonchev–Trinajstić information content (AvgIpc) is 3.17. The van der Waals surface area contributed by atoms with Crippen molar-refractivity contribution in [3.8, 4) is 0 Å². The van der Waals surface area contributed by atoms with Gasteiger partial charge < -0.3 is 4.90 Å². The van der Waals surface area contributed by atoms with Gasteiger partial charge in [0.2, 0.25) is 0 Å². The monoisotopic (exact) mass is 389 g/mol. The first-order valence-corrected chi connectivity index (χ1v) is 10.7. The Morgan fingerprint density at radius 2 is 1.21 bits per heavy atom. The van der Waals surface area contributed by atoms with Gasteiger partial charge in [-0.3, -0.25) is 0 Å². The molecule has 0 aliphatic carbocycles. The number of hydrogen-bond donors (Lipinski definition) is 0. The van der Waals surface area contributed by atoms with E-state index in [9.17, 15) is 0 Å². The second-order valence-electron chi connectivity index (χ2n) is 7.47. The summed E-state index contributed by atoms with van der Waals surface area (Å²) in [5.41, 5.74) is 2.49. The van der Waals surface area contributed by atoms with E-state index in [2.05, 4.69) is 109 Å². The smallest absolute Gasteiger partial charge is 0.0592 e. The minimum atomic E-state index is 1.24. The van der Waals surface area contributed by atoms with Gasteiger partial charge in [0.1, 0.15) is 0 Å². The van der Waals surface area contributed by atoms with Crippen LogP contribution in [0.1, 0.15) is 0 Å². The summed E-state index contributed by atoms with van der Waals surface area (Å²) in [5.74, 6) is 0. The van der Waals surface area contributed by atoms with Gasteiger partial charge in [0.25, 0.3) is 0 Å². The van der Waals surface area contributed by atoms with Crippen LogP contribution in [0.25, 0.3) is 41.7 Å². The molecule has 2 heteroatoms. The molecule has 1 nitrogen and oxygen atoms in total. The normalized spacial score (nSPS) is 11.6. The van der Waals surface area contributed by atoms with Gasteiger partial charge >= 0.3 is 0 Å². The molecule has 6 rings (SSSR count). The Kier molecular flexibility index (Phi) is 3.62. The first-order chi connectivity index (χ1) is 14.3. The number of benzene rings is 5. The first kappa shape index (κ1) is 16.6. The van der Waals surface area contributed by atoms with Crippen molar-refractivity contribution >= 4 is 64.4 Å². The summed E-state index contributed by atoms with van der Waals surface area (Å²) in [7, 11) is 2.19. The molecular weight excluding hydrogens is 370 g/mol. The number of hydrogen-bond acceptors (Lipinski definition) is 2. The molecule has 29 heavy (non-hydrogen) atoms. The molecule has 0 fully saturated rings. The Bertz CT molecular complexity index is 1530. The van der Waals surface area contributed by atoms with Crippen molar-refractivity contribution in [2.45, 2.75) is 0 Å². The zero-order chi connectivity index (χ0) is 19.4. The molecule has 0 amide bonds. The van der Waals surface area contributed by atoms with Crippen LogP contribution < -0.4 is 4.90 Å². The van der Waals surface area contributed by atoms with Crippen molar-refractivity contribution in [3.05, 3.63) is 97.1 Å². The molecule has 0 spiro atoms. The van der Waals surface area contributed by atoms with Crippen molar-refractivity contribution in [3.63, 3.8) is 0 Å². The minimum Gasteiger partial charge on any atom is -0.343 e.